The van der Waals surface area contributed by atoms with Crippen LogP contribution in [0.4, 0.5) is 0 Å². The lowest BCUT2D eigenvalue weighted by atomic mass is 10.1. The predicted molar refractivity (Wildman–Crippen MR) is 63.2 cm³/mol. The summed E-state index contributed by atoms with van der Waals surface area (Å²) in [5, 5.41) is 9.49. The second kappa shape index (κ2) is 6.39. The minimum absolute atomic E-state index is 0.491. The van der Waals surface area contributed by atoms with Gasteiger partial charge >= 0.3 is 0 Å². The average Bonchev–Trinajstić information content (AvgIpc) is 2.21. The molecule has 0 heterocycles. The molecule has 0 radical (unpaired) electrons. The molecule has 14 heavy (non-hydrogen) atoms. The maximum atomic E-state index is 8.49. The van der Waals surface area contributed by atoms with Crippen molar-refractivity contribution >= 4 is 22.0 Å². The monoisotopic (exact) mass is 249 g/mol. The summed E-state index contributed by atoms with van der Waals surface area (Å²) in [5.74, 6) is 0. The number of hydrogen-bond donors (Lipinski definition) is 0. The fourth-order valence-electron chi connectivity index (χ4n) is 1.12. The van der Waals surface area contributed by atoms with E-state index in [1.54, 1.807) is 0 Å². The number of benzene rings is 1. The second-order valence-electron chi connectivity index (χ2n) is 2.96. The molecule has 0 saturated heterocycles. The summed E-state index contributed by atoms with van der Waals surface area (Å²) in [6.07, 6.45) is 5.76. The van der Waals surface area contributed by atoms with E-state index in [1.165, 1.54) is 5.56 Å². The van der Waals surface area contributed by atoms with Crippen LogP contribution in [0.2, 0.25) is 0 Å². The Morgan fingerprint density at radius 3 is 2.57 bits per heavy atom. The van der Waals surface area contributed by atoms with Crippen LogP contribution in [0, 0.1) is 11.3 Å². The normalized spacial score (nSPS) is 10.3. The van der Waals surface area contributed by atoms with Crippen LogP contribution in [0.3, 0.4) is 0 Å². The van der Waals surface area contributed by atoms with Crippen LogP contribution in [0.5, 0.6) is 0 Å². The van der Waals surface area contributed by atoms with Gasteiger partial charge in [0.15, 0.2) is 0 Å². The van der Waals surface area contributed by atoms with E-state index in [4.69, 9.17) is 5.26 Å². The first-order chi connectivity index (χ1) is 6.86. The van der Waals surface area contributed by atoms with Crippen LogP contribution in [-0.4, -0.2) is 5.33 Å². The van der Waals surface area contributed by atoms with Gasteiger partial charge in [-0.2, -0.15) is 5.26 Å². The van der Waals surface area contributed by atoms with E-state index < -0.39 is 0 Å². The van der Waals surface area contributed by atoms with E-state index in [0.29, 0.717) is 6.42 Å². The molecule has 1 aromatic carbocycles. The first-order valence-corrected chi connectivity index (χ1v) is 5.67. The Balaban J connectivity index is 2.60. The molecule has 0 aliphatic heterocycles. The molecule has 0 fully saturated rings. The van der Waals surface area contributed by atoms with Crippen molar-refractivity contribution in [3.05, 3.63) is 41.5 Å². The largest absolute Gasteiger partial charge is 0.198 e. The molecule has 0 bridgehead atoms. The van der Waals surface area contributed by atoms with Crippen molar-refractivity contribution in [1.29, 1.82) is 5.26 Å². The summed E-state index contributed by atoms with van der Waals surface area (Å²) in [6, 6.07) is 10.2. The molecule has 1 rings (SSSR count). The molecule has 2 heteroatoms. The molecule has 0 N–H and O–H groups in total. The highest BCUT2D eigenvalue weighted by Crippen LogP contribution is 2.07. The first-order valence-electron chi connectivity index (χ1n) is 4.55. The molecule has 0 saturated carbocycles. The lowest BCUT2D eigenvalue weighted by molar-refractivity contribution is 1.26. The van der Waals surface area contributed by atoms with E-state index in [0.717, 1.165) is 17.3 Å². The van der Waals surface area contributed by atoms with Crippen molar-refractivity contribution in [2.24, 2.45) is 0 Å². The van der Waals surface area contributed by atoms with Gasteiger partial charge in [-0.25, -0.2) is 0 Å². The zero-order chi connectivity index (χ0) is 10.2. The van der Waals surface area contributed by atoms with Gasteiger partial charge in [-0.15, -0.1) is 0 Å². The van der Waals surface area contributed by atoms with Crippen molar-refractivity contribution in [2.75, 3.05) is 5.33 Å². The fraction of sp³-hybridized carbons (Fsp3) is 0.250. The topological polar surface area (TPSA) is 23.8 Å². The zero-order valence-corrected chi connectivity index (χ0v) is 9.50. The van der Waals surface area contributed by atoms with E-state index >= 15 is 0 Å². The van der Waals surface area contributed by atoms with Crippen LogP contribution < -0.4 is 0 Å². The summed E-state index contributed by atoms with van der Waals surface area (Å²) in [6.45, 7) is 0. The summed E-state index contributed by atoms with van der Waals surface area (Å²) < 4.78 is 0. The molecule has 0 amide bonds. The number of nitriles is 1. The van der Waals surface area contributed by atoms with Crippen LogP contribution in [0.15, 0.2) is 30.3 Å². The Bertz CT molecular complexity index is 332. The Morgan fingerprint density at radius 1 is 1.29 bits per heavy atom. The van der Waals surface area contributed by atoms with Crippen LogP contribution in [-0.2, 0) is 6.42 Å². The molecule has 0 atom stereocenters. The predicted octanol–water partition coefficient (Wildman–Crippen LogP) is 3.55. The molecule has 0 unspecified atom stereocenters. The molecule has 72 valence electrons. The third-order valence-electron chi connectivity index (χ3n) is 1.85. The lowest BCUT2D eigenvalue weighted by Gasteiger charge is -1.95. The van der Waals surface area contributed by atoms with E-state index in [9.17, 15) is 0 Å². The first kappa shape index (κ1) is 11.0. The molecule has 0 aliphatic rings. The van der Waals surface area contributed by atoms with Gasteiger partial charge in [0.05, 0.1) is 12.5 Å². The van der Waals surface area contributed by atoms with Gasteiger partial charge in [0.25, 0.3) is 0 Å². The Labute approximate surface area is 93.2 Å². The lowest BCUT2D eigenvalue weighted by Crippen LogP contribution is -1.80. The summed E-state index contributed by atoms with van der Waals surface area (Å²) in [7, 11) is 0. The maximum absolute atomic E-state index is 8.49. The van der Waals surface area contributed by atoms with Crippen molar-refractivity contribution in [2.45, 2.75) is 12.8 Å². The van der Waals surface area contributed by atoms with Gasteiger partial charge in [0.2, 0.25) is 0 Å². The number of alkyl halides is 1. The van der Waals surface area contributed by atoms with Crippen LogP contribution in [0.1, 0.15) is 17.5 Å². The third-order valence-corrected chi connectivity index (χ3v) is 2.31. The SMILES string of the molecule is N#CCc1ccc(C=CCCBr)cc1. The van der Waals surface area contributed by atoms with Crippen molar-refractivity contribution in [3.8, 4) is 6.07 Å². The van der Waals surface area contributed by atoms with Crippen molar-refractivity contribution in [1.82, 2.24) is 0 Å². The van der Waals surface area contributed by atoms with Crippen LogP contribution >= 0.6 is 15.9 Å². The highest BCUT2D eigenvalue weighted by Gasteiger charge is 1.90. The van der Waals surface area contributed by atoms with E-state index in [2.05, 4.69) is 34.2 Å². The third kappa shape index (κ3) is 3.76. The maximum Gasteiger partial charge on any atom is 0.0669 e. The summed E-state index contributed by atoms with van der Waals surface area (Å²) in [4.78, 5) is 0. The number of halogens is 1. The standard InChI is InChI=1S/C12H12BrN/c13-9-2-1-3-11-4-6-12(7-5-11)8-10-14/h1,3-7H,2,8-9H2. The smallest absolute Gasteiger partial charge is 0.0669 e. The van der Waals surface area contributed by atoms with Gasteiger partial charge in [-0.3, -0.25) is 0 Å². The van der Waals surface area contributed by atoms with Gasteiger partial charge < -0.3 is 0 Å². The molecule has 0 aliphatic carbocycles. The van der Waals surface area contributed by atoms with Crippen LogP contribution in [0.25, 0.3) is 6.08 Å². The number of allylic oxidation sites excluding steroid dienone is 1. The molecular formula is C12H12BrN. The highest BCUT2D eigenvalue weighted by atomic mass is 79.9. The highest BCUT2D eigenvalue weighted by molar-refractivity contribution is 9.09. The molecule has 1 aromatic rings. The van der Waals surface area contributed by atoms with Crippen molar-refractivity contribution < 1.29 is 0 Å². The quantitative estimate of drug-likeness (QED) is 0.749. The average molecular weight is 250 g/mol. The molecule has 0 aromatic heterocycles. The zero-order valence-electron chi connectivity index (χ0n) is 7.91. The molecule has 1 nitrogen and oxygen atoms in total. The van der Waals surface area contributed by atoms with E-state index in [-0.39, 0.29) is 0 Å². The number of hydrogen-bond acceptors (Lipinski definition) is 1. The van der Waals surface area contributed by atoms with Gasteiger partial charge in [-0.1, -0.05) is 52.3 Å². The second-order valence-corrected chi connectivity index (χ2v) is 3.75. The van der Waals surface area contributed by atoms with Gasteiger partial charge in [0, 0.05) is 5.33 Å². The number of nitrogens with zero attached hydrogens (tertiary/aromatic N) is 1. The molecule has 0 spiro atoms. The Kier molecular flexibility index (Phi) is 5.03. The van der Waals surface area contributed by atoms with Crippen molar-refractivity contribution in [3.63, 3.8) is 0 Å². The molecular weight excluding hydrogens is 238 g/mol. The minimum atomic E-state index is 0.491. The Hall–Kier alpha value is -1.07. The minimum Gasteiger partial charge on any atom is -0.198 e. The fourth-order valence-corrected chi connectivity index (χ4v) is 1.38. The number of rotatable bonds is 4. The van der Waals surface area contributed by atoms with E-state index in [1.807, 2.05) is 24.3 Å². The summed E-state index contributed by atoms with van der Waals surface area (Å²) >= 11 is 3.37. The summed E-state index contributed by atoms with van der Waals surface area (Å²) in [5.41, 5.74) is 2.26. The van der Waals surface area contributed by atoms with Gasteiger partial charge in [0.1, 0.15) is 0 Å². The Morgan fingerprint density at radius 2 is 2.00 bits per heavy atom. The van der Waals surface area contributed by atoms with Gasteiger partial charge in [-0.05, 0) is 17.5 Å².